The molecule has 2 aromatic carbocycles. The molecule has 0 atom stereocenters. The highest BCUT2D eigenvalue weighted by molar-refractivity contribution is 6.33. The van der Waals surface area contributed by atoms with Crippen molar-refractivity contribution in [2.75, 3.05) is 19.0 Å². The number of carbonyl (C=O) groups excluding carboxylic acids is 1. The van der Waals surface area contributed by atoms with E-state index in [1.807, 2.05) is 19.1 Å². The fraction of sp³-hybridized carbons (Fsp3) is 0.188. The minimum atomic E-state index is -0.286. The Bertz CT molecular complexity index is 643. The number of hydrogen-bond donors (Lipinski definition) is 1. The molecular weight excluding hydrogens is 290 g/mol. The van der Waals surface area contributed by atoms with E-state index in [2.05, 4.69) is 5.32 Å². The van der Waals surface area contributed by atoms with Crippen LogP contribution >= 0.6 is 11.6 Å². The average molecular weight is 306 g/mol. The van der Waals surface area contributed by atoms with Gasteiger partial charge in [-0.25, -0.2) is 0 Å². The Kier molecular flexibility index (Phi) is 5.06. The Morgan fingerprint density at radius 3 is 2.67 bits per heavy atom. The normalized spacial score (nSPS) is 10.0. The van der Waals surface area contributed by atoms with Gasteiger partial charge in [-0.1, -0.05) is 29.8 Å². The van der Waals surface area contributed by atoms with Gasteiger partial charge in [-0.15, -0.1) is 0 Å². The van der Waals surface area contributed by atoms with E-state index >= 15 is 0 Å². The van der Waals surface area contributed by atoms with Crippen molar-refractivity contribution < 1.29 is 14.3 Å². The lowest BCUT2D eigenvalue weighted by atomic mass is 10.2. The van der Waals surface area contributed by atoms with E-state index in [1.54, 1.807) is 37.4 Å². The third-order valence-corrected chi connectivity index (χ3v) is 3.16. The highest BCUT2D eigenvalue weighted by atomic mass is 35.5. The summed E-state index contributed by atoms with van der Waals surface area (Å²) < 4.78 is 10.7. The SMILES string of the molecule is COc1cc(C)ccc1OCC(=O)Nc1ccccc1Cl. The van der Waals surface area contributed by atoms with Gasteiger partial charge in [-0.05, 0) is 36.8 Å². The Morgan fingerprint density at radius 2 is 1.95 bits per heavy atom. The molecule has 0 aliphatic heterocycles. The van der Waals surface area contributed by atoms with Crippen molar-refractivity contribution in [3.8, 4) is 11.5 Å². The van der Waals surface area contributed by atoms with Crippen LogP contribution in [0.25, 0.3) is 0 Å². The largest absolute Gasteiger partial charge is 0.493 e. The highest BCUT2D eigenvalue weighted by Crippen LogP contribution is 2.27. The summed E-state index contributed by atoms with van der Waals surface area (Å²) in [5.41, 5.74) is 1.61. The number of hydrogen-bond acceptors (Lipinski definition) is 3. The number of aryl methyl sites for hydroxylation is 1. The molecule has 2 rings (SSSR count). The van der Waals surface area contributed by atoms with E-state index < -0.39 is 0 Å². The minimum Gasteiger partial charge on any atom is -0.493 e. The molecule has 0 unspecified atom stereocenters. The molecule has 1 N–H and O–H groups in total. The van der Waals surface area contributed by atoms with Crippen molar-refractivity contribution in [3.05, 3.63) is 53.1 Å². The quantitative estimate of drug-likeness (QED) is 0.916. The number of methoxy groups -OCH3 is 1. The average Bonchev–Trinajstić information content (AvgIpc) is 2.48. The number of nitrogens with one attached hydrogen (secondary N) is 1. The fourth-order valence-electron chi connectivity index (χ4n) is 1.79. The van der Waals surface area contributed by atoms with Crippen LogP contribution in [-0.4, -0.2) is 19.6 Å². The van der Waals surface area contributed by atoms with Crippen LogP contribution < -0.4 is 14.8 Å². The molecule has 0 fully saturated rings. The Morgan fingerprint density at radius 1 is 1.19 bits per heavy atom. The summed E-state index contributed by atoms with van der Waals surface area (Å²) in [5, 5.41) is 3.18. The first-order valence-corrected chi connectivity index (χ1v) is 6.80. The summed E-state index contributed by atoms with van der Waals surface area (Å²) in [4.78, 5) is 11.9. The lowest BCUT2D eigenvalue weighted by Gasteiger charge is -2.11. The Labute approximate surface area is 128 Å². The van der Waals surface area contributed by atoms with E-state index in [1.165, 1.54) is 0 Å². The van der Waals surface area contributed by atoms with Gasteiger partial charge in [0.2, 0.25) is 0 Å². The first-order valence-electron chi connectivity index (χ1n) is 6.42. The first-order chi connectivity index (χ1) is 10.1. The number of benzene rings is 2. The van der Waals surface area contributed by atoms with Crippen LogP contribution in [0, 0.1) is 6.92 Å². The maximum Gasteiger partial charge on any atom is 0.262 e. The molecule has 4 nitrogen and oxygen atoms in total. The molecule has 0 radical (unpaired) electrons. The maximum absolute atomic E-state index is 11.9. The van der Waals surface area contributed by atoms with Crippen molar-refractivity contribution in [3.63, 3.8) is 0 Å². The third-order valence-electron chi connectivity index (χ3n) is 2.83. The van der Waals surface area contributed by atoms with Gasteiger partial charge < -0.3 is 14.8 Å². The number of halogens is 1. The Hall–Kier alpha value is -2.20. The second-order valence-corrected chi connectivity index (χ2v) is 4.88. The van der Waals surface area contributed by atoms with Gasteiger partial charge in [-0.3, -0.25) is 4.79 Å². The number of rotatable bonds is 5. The molecule has 0 bridgehead atoms. The molecule has 0 saturated heterocycles. The van der Waals surface area contributed by atoms with Crippen LogP contribution in [0.4, 0.5) is 5.69 Å². The van der Waals surface area contributed by atoms with Gasteiger partial charge in [-0.2, -0.15) is 0 Å². The standard InChI is InChI=1S/C16H16ClNO3/c1-11-7-8-14(15(9-11)20-2)21-10-16(19)18-13-6-4-3-5-12(13)17/h3-9H,10H2,1-2H3,(H,18,19). The van der Waals surface area contributed by atoms with E-state index in [4.69, 9.17) is 21.1 Å². The lowest BCUT2D eigenvalue weighted by Crippen LogP contribution is -2.20. The monoisotopic (exact) mass is 305 g/mol. The molecule has 0 aromatic heterocycles. The zero-order valence-corrected chi connectivity index (χ0v) is 12.6. The van der Waals surface area contributed by atoms with Crippen molar-refractivity contribution in [1.82, 2.24) is 0 Å². The first kappa shape index (κ1) is 15.2. The Balaban J connectivity index is 1.97. The molecule has 5 heteroatoms. The summed E-state index contributed by atoms with van der Waals surface area (Å²) in [7, 11) is 1.56. The molecule has 1 amide bonds. The molecule has 0 spiro atoms. The predicted molar refractivity (Wildman–Crippen MR) is 83.3 cm³/mol. The zero-order chi connectivity index (χ0) is 15.2. The second-order valence-electron chi connectivity index (χ2n) is 4.47. The number of anilines is 1. The maximum atomic E-state index is 11.9. The van der Waals surface area contributed by atoms with E-state index in [9.17, 15) is 4.79 Å². The van der Waals surface area contributed by atoms with Crippen molar-refractivity contribution >= 4 is 23.2 Å². The molecule has 0 heterocycles. The fourth-order valence-corrected chi connectivity index (χ4v) is 1.97. The van der Waals surface area contributed by atoms with Crippen LogP contribution in [-0.2, 0) is 4.79 Å². The number of amides is 1. The van der Waals surface area contributed by atoms with Crippen LogP contribution in [0.2, 0.25) is 5.02 Å². The molecule has 0 aliphatic rings. The molecule has 0 aliphatic carbocycles. The molecule has 110 valence electrons. The van der Waals surface area contributed by atoms with E-state index in [0.29, 0.717) is 22.2 Å². The van der Waals surface area contributed by atoms with Gasteiger partial charge in [0.25, 0.3) is 5.91 Å². The molecule has 2 aromatic rings. The molecule has 0 saturated carbocycles. The smallest absolute Gasteiger partial charge is 0.262 e. The highest BCUT2D eigenvalue weighted by Gasteiger charge is 2.09. The van der Waals surface area contributed by atoms with Crippen LogP contribution in [0.15, 0.2) is 42.5 Å². The van der Waals surface area contributed by atoms with Gasteiger partial charge in [0.05, 0.1) is 17.8 Å². The molecular formula is C16H16ClNO3. The van der Waals surface area contributed by atoms with Crippen LogP contribution in [0.3, 0.4) is 0 Å². The summed E-state index contributed by atoms with van der Waals surface area (Å²) in [6.07, 6.45) is 0. The zero-order valence-electron chi connectivity index (χ0n) is 11.9. The second kappa shape index (κ2) is 6.99. The lowest BCUT2D eigenvalue weighted by molar-refractivity contribution is -0.118. The van der Waals surface area contributed by atoms with E-state index in [-0.39, 0.29) is 12.5 Å². The van der Waals surface area contributed by atoms with Crippen molar-refractivity contribution in [2.24, 2.45) is 0 Å². The minimum absolute atomic E-state index is 0.120. The van der Waals surface area contributed by atoms with Gasteiger partial charge in [0.1, 0.15) is 0 Å². The summed E-state index contributed by atoms with van der Waals surface area (Å²) in [6.45, 7) is 1.83. The van der Waals surface area contributed by atoms with Gasteiger partial charge in [0.15, 0.2) is 18.1 Å². The van der Waals surface area contributed by atoms with Gasteiger partial charge >= 0.3 is 0 Å². The summed E-state index contributed by atoms with van der Waals surface area (Å²) >= 11 is 5.98. The number of carbonyl (C=O) groups is 1. The topological polar surface area (TPSA) is 47.6 Å². The molecule has 21 heavy (non-hydrogen) atoms. The van der Waals surface area contributed by atoms with Crippen molar-refractivity contribution in [1.29, 1.82) is 0 Å². The summed E-state index contributed by atoms with van der Waals surface area (Å²) in [5.74, 6) is 0.837. The number of para-hydroxylation sites is 1. The van der Waals surface area contributed by atoms with Crippen molar-refractivity contribution in [2.45, 2.75) is 6.92 Å². The van der Waals surface area contributed by atoms with Crippen LogP contribution in [0.5, 0.6) is 11.5 Å². The van der Waals surface area contributed by atoms with Crippen LogP contribution in [0.1, 0.15) is 5.56 Å². The van der Waals surface area contributed by atoms with E-state index in [0.717, 1.165) is 5.56 Å². The number of ether oxygens (including phenoxy) is 2. The third kappa shape index (κ3) is 4.13. The van der Waals surface area contributed by atoms with Gasteiger partial charge in [0, 0.05) is 0 Å². The summed E-state index contributed by atoms with van der Waals surface area (Å²) in [6, 6.07) is 12.5. The predicted octanol–water partition coefficient (Wildman–Crippen LogP) is 3.67.